The third-order valence-corrected chi connectivity index (χ3v) is 6.76. The fourth-order valence-corrected chi connectivity index (χ4v) is 4.82. The van der Waals surface area contributed by atoms with Crippen LogP contribution in [-0.4, -0.2) is 54.6 Å². The second-order valence-electron chi connectivity index (χ2n) is 10.1. The zero-order chi connectivity index (χ0) is 27.0. The van der Waals surface area contributed by atoms with Crippen LogP contribution >= 0.6 is 0 Å². The standard InChI is InChI=1S/C28H33N7O3/c1-15(2)35-23-11-22(16(3)9-19(23)13-31-35)32-28-30-14-21(27(38)29-12-17(4)36)26(34-28)33-25-20-8-6-5-7-18(20)10-24(25)37/h5-9,11,13-15,17,24-25,36-37H,10,12H2,1-4H3,(H,29,38)(H2,30,32,33,34)/t17-,24-,25+/m1/s1. The maximum Gasteiger partial charge on any atom is 0.256 e. The fraction of sp³-hybridized carbons (Fsp3) is 0.357. The third-order valence-electron chi connectivity index (χ3n) is 6.76. The summed E-state index contributed by atoms with van der Waals surface area (Å²) in [5.74, 6) is 0.176. The van der Waals surface area contributed by atoms with Crippen LogP contribution in [0.1, 0.15) is 59.9 Å². The number of nitrogens with zero attached hydrogens (tertiary/aromatic N) is 4. The van der Waals surface area contributed by atoms with Gasteiger partial charge in [0, 0.05) is 36.3 Å². The Labute approximate surface area is 221 Å². The van der Waals surface area contributed by atoms with Crippen LogP contribution in [0.25, 0.3) is 10.9 Å². The molecule has 1 aliphatic carbocycles. The molecule has 38 heavy (non-hydrogen) atoms. The van der Waals surface area contributed by atoms with Gasteiger partial charge in [-0.1, -0.05) is 24.3 Å². The molecular formula is C28H33N7O3. The molecule has 5 rings (SSSR count). The van der Waals surface area contributed by atoms with Crippen molar-refractivity contribution < 1.29 is 15.0 Å². The van der Waals surface area contributed by atoms with Gasteiger partial charge in [-0.25, -0.2) is 4.98 Å². The topological polar surface area (TPSA) is 137 Å². The lowest BCUT2D eigenvalue weighted by Gasteiger charge is -2.21. The van der Waals surface area contributed by atoms with Crippen LogP contribution < -0.4 is 16.0 Å². The molecule has 0 radical (unpaired) electrons. The number of nitrogens with one attached hydrogen (secondary N) is 3. The maximum atomic E-state index is 13.0. The van der Waals surface area contributed by atoms with E-state index in [1.165, 1.54) is 6.20 Å². The summed E-state index contributed by atoms with van der Waals surface area (Å²) in [5.41, 5.74) is 5.05. The number of anilines is 3. The van der Waals surface area contributed by atoms with Gasteiger partial charge >= 0.3 is 0 Å². The van der Waals surface area contributed by atoms with E-state index in [1.54, 1.807) is 6.92 Å². The number of amides is 1. The first-order valence-corrected chi connectivity index (χ1v) is 12.8. The maximum absolute atomic E-state index is 13.0. The smallest absolute Gasteiger partial charge is 0.256 e. The van der Waals surface area contributed by atoms with E-state index in [4.69, 9.17) is 0 Å². The number of carbonyl (C=O) groups excluding carboxylic acids is 1. The molecule has 0 spiro atoms. The van der Waals surface area contributed by atoms with Crippen molar-refractivity contribution in [3.63, 3.8) is 0 Å². The van der Waals surface area contributed by atoms with E-state index in [9.17, 15) is 15.0 Å². The first-order valence-electron chi connectivity index (χ1n) is 12.8. The highest BCUT2D eigenvalue weighted by Crippen LogP contribution is 2.35. The second-order valence-corrected chi connectivity index (χ2v) is 10.1. The molecule has 0 unspecified atom stereocenters. The van der Waals surface area contributed by atoms with Gasteiger partial charge in [0.1, 0.15) is 11.4 Å². The highest BCUT2D eigenvalue weighted by molar-refractivity contribution is 5.98. The van der Waals surface area contributed by atoms with Gasteiger partial charge in [-0.3, -0.25) is 9.48 Å². The molecule has 5 N–H and O–H groups in total. The van der Waals surface area contributed by atoms with E-state index in [-0.39, 0.29) is 24.0 Å². The summed E-state index contributed by atoms with van der Waals surface area (Å²) in [4.78, 5) is 22.1. The monoisotopic (exact) mass is 515 g/mol. The van der Waals surface area contributed by atoms with Crippen LogP contribution in [0.5, 0.6) is 0 Å². The molecule has 198 valence electrons. The molecule has 2 aromatic heterocycles. The van der Waals surface area contributed by atoms with Gasteiger partial charge in [-0.15, -0.1) is 0 Å². The van der Waals surface area contributed by atoms with Crippen LogP contribution in [-0.2, 0) is 6.42 Å². The SMILES string of the molecule is Cc1cc2cnn(C(C)C)c2cc1Nc1ncc(C(=O)NC[C@@H](C)O)c(N[C@H]2c3ccccc3C[C@H]2O)n1. The lowest BCUT2D eigenvalue weighted by atomic mass is 10.1. The van der Waals surface area contributed by atoms with Crippen molar-refractivity contribution in [2.75, 3.05) is 17.2 Å². The molecule has 3 atom stereocenters. The second kappa shape index (κ2) is 10.4. The summed E-state index contributed by atoms with van der Waals surface area (Å²) < 4.78 is 1.96. The number of hydrogen-bond acceptors (Lipinski definition) is 8. The van der Waals surface area contributed by atoms with Crippen LogP contribution in [0.3, 0.4) is 0 Å². The molecule has 4 aromatic rings. The summed E-state index contributed by atoms with van der Waals surface area (Å²) >= 11 is 0. The molecule has 0 aliphatic heterocycles. The van der Waals surface area contributed by atoms with Gasteiger partial charge in [0.05, 0.1) is 30.0 Å². The Morgan fingerprint density at radius 3 is 2.74 bits per heavy atom. The van der Waals surface area contributed by atoms with Gasteiger partial charge in [0.25, 0.3) is 5.91 Å². The van der Waals surface area contributed by atoms with Gasteiger partial charge in [-0.05, 0) is 56.5 Å². The van der Waals surface area contributed by atoms with Gasteiger partial charge in [-0.2, -0.15) is 10.1 Å². The third kappa shape index (κ3) is 5.05. The Morgan fingerprint density at radius 2 is 1.97 bits per heavy atom. The van der Waals surface area contributed by atoms with E-state index in [0.717, 1.165) is 33.3 Å². The highest BCUT2D eigenvalue weighted by Gasteiger charge is 2.32. The number of aryl methyl sites for hydroxylation is 1. The molecule has 0 fully saturated rings. The zero-order valence-electron chi connectivity index (χ0n) is 21.9. The normalized spacial score (nSPS) is 17.4. The molecule has 10 nitrogen and oxygen atoms in total. The molecule has 0 bridgehead atoms. The summed E-state index contributed by atoms with van der Waals surface area (Å²) in [6.07, 6.45) is 2.45. The Kier molecular flexibility index (Phi) is 7.00. The number of fused-ring (bicyclic) bond motifs is 2. The summed E-state index contributed by atoms with van der Waals surface area (Å²) in [7, 11) is 0. The van der Waals surface area contributed by atoms with Crippen molar-refractivity contribution in [3.05, 3.63) is 71.0 Å². The first kappa shape index (κ1) is 25.6. The van der Waals surface area contributed by atoms with Gasteiger partial charge < -0.3 is 26.2 Å². The molecule has 1 amide bonds. The van der Waals surface area contributed by atoms with Crippen molar-refractivity contribution in [1.29, 1.82) is 0 Å². The number of aliphatic hydroxyl groups excluding tert-OH is 2. The molecule has 2 aromatic carbocycles. The van der Waals surface area contributed by atoms with Crippen LogP contribution in [0.15, 0.2) is 48.8 Å². The van der Waals surface area contributed by atoms with Crippen molar-refractivity contribution in [2.24, 2.45) is 0 Å². The average Bonchev–Trinajstić information content (AvgIpc) is 3.43. The van der Waals surface area contributed by atoms with Crippen LogP contribution in [0.2, 0.25) is 0 Å². The van der Waals surface area contributed by atoms with E-state index in [1.807, 2.05) is 48.1 Å². The molecule has 0 saturated carbocycles. The quantitative estimate of drug-likeness (QED) is 0.240. The number of carbonyl (C=O) groups is 1. The van der Waals surface area contributed by atoms with Crippen molar-refractivity contribution in [2.45, 2.75) is 58.4 Å². The van der Waals surface area contributed by atoms with E-state index < -0.39 is 24.2 Å². The molecular weight excluding hydrogens is 482 g/mol. The predicted molar refractivity (Wildman–Crippen MR) is 147 cm³/mol. The van der Waals surface area contributed by atoms with Crippen molar-refractivity contribution in [1.82, 2.24) is 25.1 Å². The number of aliphatic hydroxyl groups is 2. The van der Waals surface area contributed by atoms with Gasteiger partial charge in [0.2, 0.25) is 5.95 Å². The minimum Gasteiger partial charge on any atom is -0.392 e. The van der Waals surface area contributed by atoms with E-state index in [2.05, 4.69) is 50.9 Å². The first-order chi connectivity index (χ1) is 18.2. The lowest BCUT2D eigenvalue weighted by molar-refractivity contribution is 0.0923. The summed E-state index contributed by atoms with van der Waals surface area (Å²) in [6, 6.07) is 11.7. The minimum atomic E-state index is -0.696. The van der Waals surface area contributed by atoms with E-state index >= 15 is 0 Å². The number of hydrogen-bond donors (Lipinski definition) is 5. The summed E-state index contributed by atoms with van der Waals surface area (Å²) in [5, 5.41) is 35.3. The summed E-state index contributed by atoms with van der Waals surface area (Å²) in [6.45, 7) is 7.85. The Bertz CT molecular complexity index is 1480. The van der Waals surface area contributed by atoms with E-state index in [0.29, 0.717) is 12.4 Å². The zero-order valence-corrected chi connectivity index (χ0v) is 21.9. The lowest BCUT2D eigenvalue weighted by Crippen LogP contribution is -2.32. The van der Waals surface area contributed by atoms with Crippen LogP contribution in [0, 0.1) is 6.92 Å². The number of benzene rings is 2. The Morgan fingerprint density at radius 1 is 1.18 bits per heavy atom. The van der Waals surface area contributed by atoms with Crippen molar-refractivity contribution >= 4 is 34.3 Å². The average molecular weight is 516 g/mol. The highest BCUT2D eigenvalue weighted by atomic mass is 16.3. The van der Waals surface area contributed by atoms with Gasteiger partial charge in [0.15, 0.2) is 0 Å². The largest absolute Gasteiger partial charge is 0.392 e. The number of aromatic nitrogens is 4. The predicted octanol–water partition coefficient (Wildman–Crippen LogP) is 3.64. The molecule has 10 heteroatoms. The van der Waals surface area contributed by atoms with Crippen LogP contribution in [0.4, 0.5) is 17.5 Å². The Hall–Kier alpha value is -4.02. The van der Waals surface area contributed by atoms with Crippen molar-refractivity contribution in [3.8, 4) is 0 Å². The fourth-order valence-electron chi connectivity index (χ4n) is 4.82. The minimum absolute atomic E-state index is 0.0932. The molecule has 1 aliphatic rings. The molecule has 2 heterocycles. The number of rotatable bonds is 8. The Balaban J connectivity index is 1.50. The molecule has 0 saturated heterocycles.